The number of thioether (sulfide) groups is 1. The zero-order valence-electron chi connectivity index (χ0n) is 12.2. The van der Waals surface area contributed by atoms with E-state index in [1.54, 1.807) is 0 Å². The van der Waals surface area contributed by atoms with Crippen LogP contribution < -0.4 is 5.32 Å². The Hall–Kier alpha value is -0.220. The molecule has 1 saturated heterocycles. The molecule has 4 heteroatoms. The second-order valence-electron chi connectivity index (χ2n) is 6.43. The zero-order chi connectivity index (χ0) is 13.5. The Morgan fingerprint density at radius 1 is 1.33 bits per heavy atom. The molecule has 1 saturated carbocycles. The third-order valence-electron chi connectivity index (χ3n) is 4.23. The van der Waals surface area contributed by atoms with Gasteiger partial charge >= 0.3 is 0 Å². The van der Waals surface area contributed by atoms with E-state index >= 15 is 0 Å². The molecule has 3 nitrogen and oxygen atoms in total. The monoisotopic (exact) mass is 270 g/mol. The van der Waals surface area contributed by atoms with Gasteiger partial charge < -0.3 is 4.90 Å². The van der Waals surface area contributed by atoms with Crippen LogP contribution in [0, 0.1) is 11.8 Å². The molecule has 1 N–H and O–H groups in total. The third-order valence-corrected chi connectivity index (χ3v) is 5.64. The van der Waals surface area contributed by atoms with Gasteiger partial charge in [-0.05, 0) is 30.9 Å². The van der Waals surface area contributed by atoms with Crippen LogP contribution in [0.3, 0.4) is 0 Å². The molecule has 0 aromatic carbocycles. The van der Waals surface area contributed by atoms with E-state index in [1.807, 2.05) is 11.8 Å². The minimum atomic E-state index is 0.00931. The van der Waals surface area contributed by atoms with E-state index in [2.05, 4.69) is 44.2 Å². The largest absolute Gasteiger partial charge is 0.324 e. The van der Waals surface area contributed by atoms with E-state index in [9.17, 15) is 4.79 Å². The van der Waals surface area contributed by atoms with Crippen LogP contribution in [0.25, 0.3) is 0 Å². The fourth-order valence-corrected chi connectivity index (χ4v) is 3.52. The molecule has 104 valence electrons. The summed E-state index contributed by atoms with van der Waals surface area (Å²) < 4.78 is 0.357. The molecule has 1 aliphatic carbocycles. The first-order chi connectivity index (χ1) is 8.40. The first kappa shape index (κ1) is 14.2. The molecule has 0 bridgehead atoms. The Morgan fingerprint density at radius 2 is 1.94 bits per heavy atom. The molecule has 2 unspecified atom stereocenters. The molecule has 0 radical (unpaired) electrons. The molecular weight excluding hydrogens is 244 g/mol. The second kappa shape index (κ2) is 5.04. The smallest absolute Gasteiger partial charge is 0.241 e. The SMILES string of the molecule is CSC1(CN2C(=O)C(C(C)C)NC2C(C)C)CC1. The van der Waals surface area contributed by atoms with Crippen LogP contribution in [0.15, 0.2) is 0 Å². The maximum absolute atomic E-state index is 12.5. The molecule has 2 fully saturated rings. The van der Waals surface area contributed by atoms with Gasteiger partial charge in [0.15, 0.2) is 0 Å². The molecule has 0 aromatic rings. The highest BCUT2D eigenvalue weighted by molar-refractivity contribution is 8.00. The van der Waals surface area contributed by atoms with Crippen LogP contribution in [-0.2, 0) is 4.79 Å². The van der Waals surface area contributed by atoms with Crippen molar-refractivity contribution in [2.24, 2.45) is 11.8 Å². The number of nitrogens with zero attached hydrogens (tertiary/aromatic N) is 1. The fourth-order valence-electron chi connectivity index (χ4n) is 2.74. The summed E-state index contributed by atoms with van der Waals surface area (Å²) in [4.78, 5) is 14.6. The molecule has 2 atom stereocenters. The van der Waals surface area contributed by atoms with Crippen LogP contribution in [0.4, 0.5) is 0 Å². The van der Waals surface area contributed by atoms with E-state index in [-0.39, 0.29) is 12.2 Å². The van der Waals surface area contributed by atoms with E-state index in [4.69, 9.17) is 0 Å². The summed E-state index contributed by atoms with van der Waals surface area (Å²) in [6, 6.07) is 0.00931. The molecule has 1 heterocycles. The summed E-state index contributed by atoms with van der Waals surface area (Å²) in [6.45, 7) is 9.56. The van der Waals surface area contributed by atoms with Crippen LogP contribution in [0.5, 0.6) is 0 Å². The van der Waals surface area contributed by atoms with Crippen molar-refractivity contribution in [2.45, 2.75) is 57.5 Å². The Kier molecular flexibility index (Phi) is 3.98. The van der Waals surface area contributed by atoms with Crippen LogP contribution in [-0.4, -0.2) is 40.6 Å². The fraction of sp³-hybridized carbons (Fsp3) is 0.929. The lowest BCUT2D eigenvalue weighted by Gasteiger charge is -2.30. The Balaban J connectivity index is 2.12. The molecule has 18 heavy (non-hydrogen) atoms. The highest BCUT2D eigenvalue weighted by atomic mass is 32.2. The van der Waals surface area contributed by atoms with E-state index in [1.165, 1.54) is 12.8 Å². The standard InChI is InChI=1S/C14H26N2OS/c1-9(2)11-13(17)16(12(15-11)10(3)4)8-14(18-5)6-7-14/h9-12,15H,6-8H2,1-5H3. The van der Waals surface area contributed by atoms with Crippen molar-refractivity contribution in [1.29, 1.82) is 0 Å². The maximum Gasteiger partial charge on any atom is 0.241 e. The van der Waals surface area contributed by atoms with Crippen molar-refractivity contribution in [2.75, 3.05) is 12.8 Å². The van der Waals surface area contributed by atoms with Crippen molar-refractivity contribution in [1.82, 2.24) is 10.2 Å². The van der Waals surface area contributed by atoms with Crippen LogP contribution >= 0.6 is 11.8 Å². The lowest BCUT2D eigenvalue weighted by atomic mass is 10.0. The van der Waals surface area contributed by atoms with E-state index < -0.39 is 0 Å². The van der Waals surface area contributed by atoms with Crippen molar-refractivity contribution < 1.29 is 4.79 Å². The molecule has 0 aromatic heterocycles. The maximum atomic E-state index is 12.5. The van der Waals surface area contributed by atoms with Gasteiger partial charge in [-0.1, -0.05) is 27.7 Å². The third kappa shape index (κ3) is 2.55. The second-order valence-corrected chi connectivity index (χ2v) is 7.70. The highest BCUT2D eigenvalue weighted by Crippen LogP contribution is 2.48. The lowest BCUT2D eigenvalue weighted by molar-refractivity contribution is -0.131. The van der Waals surface area contributed by atoms with Crippen LogP contribution in [0.1, 0.15) is 40.5 Å². The average molecular weight is 270 g/mol. The molecule has 1 amide bonds. The molecule has 0 spiro atoms. The van der Waals surface area contributed by atoms with E-state index in [0.717, 1.165) is 6.54 Å². The highest BCUT2D eigenvalue weighted by Gasteiger charge is 2.49. The zero-order valence-corrected chi connectivity index (χ0v) is 13.0. The number of hydrogen-bond acceptors (Lipinski definition) is 3. The number of nitrogens with one attached hydrogen (secondary N) is 1. The van der Waals surface area contributed by atoms with Crippen molar-refractivity contribution in [3.8, 4) is 0 Å². The summed E-state index contributed by atoms with van der Waals surface area (Å²) in [5.74, 6) is 1.15. The van der Waals surface area contributed by atoms with Crippen molar-refractivity contribution in [3.05, 3.63) is 0 Å². The van der Waals surface area contributed by atoms with Gasteiger partial charge in [-0.3, -0.25) is 10.1 Å². The average Bonchev–Trinajstić information content (AvgIpc) is 2.99. The van der Waals surface area contributed by atoms with Gasteiger partial charge in [-0.25, -0.2) is 0 Å². The van der Waals surface area contributed by atoms with Gasteiger partial charge in [-0.15, -0.1) is 0 Å². The minimum absolute atomic E-state index is 0.00931. The van der Waals surface area contributed by atoms with E-state index in [0.29, 0.717) is 22.5 Å². The summed E-state index contributed by atoms with van der Waals surface area (Å²) in [5, 5.41) is 3.53. The van der Waals surface area contributed by atoms with Crippen molar-refractivity contribution in [3.63, 3.8) is 0 Å². The van der Waals surface area contributed by atoms with Gasteiger partial charge in [0.2, 0.25) is 5.91 Å². The number of rotatable bonds is 5. The first-order valence-corrected chi connectivity index (χ1v) is 8.24. The van der Waals surface area contributed by atoms with Crippen molar-refractivity contribution >= 4 is 17.7 Å². The first-order valence-electron chi connectivity index (χ1n) is 7.02. The Labute approximate surface area is 115 Å². The quantitative estimate of drug-likeness (QED) is 0.832. The normalized spacial score (nSPS) is 30.6. The molecule has 1 aliphatic heterocycles. The number of hydrogen-bond donors (Lipinski definition) is 1. The summed E-state index contributed by atoms with van der Waals surface area (Å²) in [7, 11) is 0. The minimum Gasteiger partial charge on any atom is -0.324 e. The summed E-state index contributed by atoms with van der Waals surface area (Å²) >= 11 is 1.93. The van der Waals surface area contributed by atoms with Gasteiger partial charge in [-0.2, -0.15) is 11.8 Å². The topological polar surface area (TPSA) is 32.3 Å². The lowest BCUT2D eigenvalue weighted by Crippen LogP contribution is -2.45. The number of carbonyl (C=O) groups is 1. The van der Waals surface area contributed by atoms with Gasteiger partial charge in [0.05, 0.1) is 12.2 Å². The van der Waals surface area contributed by atoms with Gasteiger partial charge in [0, 0.05) is 11.3 Å². The predicted molar refractivity (Wildman–Crippen MR) is 77.6 cm³/mol. The summed E-state index contributed by atoms with van der Waals surface area (Å²) in [6.07, 6.45) is 4.91. The molecule has 2 rings (SSSR count). The molecular formula is C14H26N2OS. The van der Waals surface area contributed by atoms with Crippen LogP contribution in [0.2, 0.25) is 0 Å². The number of amides is 1. The predicted octanol–water partition coefficient (Wildman–Crippen LogP) is 2.32. The molecule has 2 aliphatic rings. The van der Waals surface area contributed by atoms with Gasteiger partial charge in [0.1, 0.15) is 0 Å². The Morgan fingerprint density at radius 3 is 2.33 bits per heavy atom. The summed E-state index contributed by atoms with van der Waals surface area (Å²) in [5.41, 5.74) is 0. The van der Waals surface area contributed by atoms with Gasteiger partial charge in [0.25, 0.3) is 0 Å². The number of carbonyl (C=O) groups excluding carboxylic acids is 1. The Bertz CT molecular complexity index is 326.